The van der Waals surface area contributed by atoms with Crippen molar-refractivity contribution >= 4 is 29.9 Å². The summed E-state index contributed by atoms with van der Waals surface area (Å²) in [5.41, 5.74) is 0. The van der Waals surface area contributed by atoms with E-state index >= 15 is 0 Å². The zero-order valence-corrected chi connectivity index (χ0v) is 19.8. The summed E-state index contributed by atoms with van der Waals surface area (Å²) in [4.78, 5) is 7.28. The third-order valence-electron chi connectivity index (χ3n) is 5.74. The van der Waals surface area contributed by atoms with Gasteiger partial charge >= 0.3 is 0 Å². The lowest BCUT2D eigenvalue weighted by Crippen LogP contribution is -2.51. The minimum atomic E-state index is 0. The normalized spacial score (nSPS) is 20.5. The summed E-state index contributed by atoms with van der Waals surface area (Å²) >= 11 is 0. The van der Waals surface area contributed by atoms with Crippen LogP contribution in [0.3, 0.4) is 0 Å². The van der Waals surface area contributed by atoms with Gasteiger partial charge in [0.05, 0.1) is 13.2 Å². The van der Waals surface area contributed by atoms with Gasteiger partial charge in [-0.25, -0.2) is 4.99 Å². The maximum atomic E-state index is 5.46. The third kappa shape index (κ3) is 6.84. The molecule has 1 aliphatic carbocycles. The molecule has 9 heteroatoms. The lowest BCUT2D eigenvalue weighted by atomic mass is 9.96. The van der Waals surface area contributed by atoms with Gasteiger partial charge in [-0.2, -0.15) is 0 Å². The number of ether oxygens (including phenoxy) is 1. The van der Waals surface area contributed by atoms with Crippen molar-refractivity contribution in [3.63, 3.8) is 0 Å². The summed E-state index contributed by atoms with van der Waals surface area (Å²) in [6.45, 7) is 9.30. The highest BCUT2D eigenvalue weighted by atomic mass is 127. The van der Waals surface area contributed by atoms with Crippen molar-refractivity contribution in [3.05, 3.63) is 11.6 Å². The molecule has 0 aromatic carbocycles. The molecule has 28 heavy (non-hydrogen) atoms. The molecule has 1 aromatic heterocycles. The van der Waals surface area contributed by atoms with E-state index in [4.69, 9.17) is 9.73 Å². The molecule has 8 nitrogen and oxygen atoms in total. The number of nitrogens with one attached hydrogen (secondary N) is 2. The van der Waals surface area contributed by atoms with Gasteiger partial charge in [0, 0.05) is 38.8 Å². The average molecular weight is 505 g/mol. The number of hydrogen-bond acceptors (Lipinski definition) is 5. The SMILES string of the molecule is Cc1nnc(CN=C(NCC(C)N2CCOCC2)NC2CCCCC2)n1C.I. The van der Waals surface area contributed by atoms with E-state index in [9.17, 15) is 0 Å². The molecule has 3 rings (SSSR count). The van der Waals surface area contributed by atoms with Crippen LogP contribution in [0.15, 0.2) is 4.99 Å². The zero-order chi connectivity index (χ0) is 19.1. The molecule has 1 saturated heterocycles. The topological polar surface area (TPSA) is 79.6 Å². The van der Waals surface area contributed by atoms with E-state index in [0.717, 1.165) is 50.5 Å². The lowest BCUT2D eigenvalue weighted by Gasteiger charge is -2.33. The Bertz CT molecular complexity index is 609. The Hall–Kier alpha value is -0.940. The molecule has 2 heterocycles. The van der Waals surface area contributed by atoms with Crippen LogP contribution >= 0.6 is 24.0 Å². The van der Waals surface area contributed by atoms with E-state index in [1.165, 1.54) is 32.1 Å². The van der Waals surface area contributed by atoms with E-state index in [2.05, 4.69) is 32.7 Å². The number of nitrogens with zero attached hydrogens (tertiary/aromatic N) is 5. The molecule has 1 aromatic rings. The van der Waals surface area contributed by atoms with E-state index < -0.39 is 0 Å². The largest absolute Gasteiger partial charge is 0.379 e. The minimum Gasteiger partial charge on any atom is -0.379 e. The van der Waals surface area contributed by atoms with Crippen LogP contribution in [0.2, 0.25) is 0 Å². The summed E-state index contributed by atoms with van der Waals surface area (Å²) in [6.07, 6.45) is 6.41. The molecule has 2 fully saturated rings. The van der Waals surface area contributed by atoms with Crippen molar-refractivity contribution in [2.75, 3.05) is 32.8 Å². The van der Waals surface area contributed by atoms with Crippen molar-refractivity contribution in [1.82, 2.24) is 30.3 Å². The number of rotatable bonds is 6. The van der Waals surface area contributed by atoms with Gasteiger partial charge in [0.15, 0.2) is 11.8 Å². The predicted molar refractivity (Wildman–Crippen MR) is 122 cm³/mol. The number of hydrogen-bond donors (Lipinski definition) is 2. The summed E-state index contributed by atoms with van der Waals surface area (Å²) in [7, 11) is 1.99. The van der Waals surface area contributed by atoms with Crippen LogP contribution in [-0.2, 0) is 18.3 Å². The zero-order valence-electron chi connectivity index (χ0n) is 17.5. The Morgan fingerprint density at radius 1 is 1.21 bits per heavy atom. The highest BCUT2D eigenvalue weighted by molar-refractivity contribution is 14.0. The Kier molecular flexibility index (Phi) is 9.93. The van der Waals surface area contributed by atoms with Gasteiger partial charge in [-0.15, -0.1) is 34.2 Å². The Balaban J connectivity index is 0.00000280. The molecular formula is C19H36IN7O. The molecule has 0 amide bonds. The molecule has 1 atom stereocenters. The first kappa shape index (κ1) is 23.3. The van der Waals surface area contributed by atoms with Crippen LogP contribution in [-0.4, -0.2) is 70.6 Å². The molecule has 1 saturated carbocycles. The van der Waals surface area contributed by atoms with Crippen LogP contribution < -0.4 is 10.6 Å². The number of guanidine groups is 1. The Labute approximate surface area is 185 Å². The van der Waals surface area contributed by atoms with Crippen molar-refractivity contribution in [1.29, 1.82) is 0 Å². The van der Waals surface area contributed by atoms with Crippen molar-refractivity contribution in [3.8, 4) is 0 Å². The van der Waals surface area contributed by atoms with Crippen molar-refractivity contribution in [2.24, 2.45) is 12.0 Å². The van der Waals surface area contributed by atoms with E-state index in [1.807, 2.05) is 18.5 Å². The smallest absolute Gasteiger partial charge is 0.191 e. The van der Waals surface area contributed by atoms with Gasteiger partial charge in [-0.3, -0.25) is 4.90 Å². The fraction of sp³-hybridized carbons (Fsp3) is 0.842. The second-order valence-electron chi connectivity index (χ2n) is 7.74. The number of aryl methyl sites for hydroxylation is 1. The molecule has 0 bridgehead atoms. The molecule has 160 valence electrons. The third-order valence-corrected chi connectivity index (χ3v) is 5.74. The number of halogens is 1. The van der Waals surface area contributed by atoms with Crippen molar-refractivity contribution in [2.45, 2.75) is 64.6 Å². The highest BCUT2D eigenvalue weighted by Crippen LogP contribution is 2.17. The average Bonchev–Trinajstić information content (AvgIpc) is 3.03. The first-order valence-electron chi connectivity index (χ1n) is 10.3. The van der Waals surface area contributed by atoms with Crippen LogP contribution in [0.5, 0.6) is 0 Å². The summed E-state index contributed by atoms with van der Waals surface area (Å²) < 4.78 is 7.46. The Morgan fingerprint density at radius 3 is 2.57 bits per heavy atom. The molecule has 1 aliphatic heterocycles. The lowest BCUT2D eigenvalue weighted by molar-refractivity contribution is 0.0211. The van der Waals surface area contributed by atoms with Gasteiger partial charge in [0.1, 0.15) is 12.4 Å². The number of aromatic nitrogens is 3. The summed E-state index contributed by atoms with van der Waals surface area (Å²) in [5, 5.41) is 15.6. The highest BCUT2D eigenvalue weighted by Gasteiger charge is 2.19. The Morgan fingerprint density at radius 2 is 1.93 bits per heavy atom. The molecule has 0 radical (unpaired) electrons. The molecule has 2 N–H and O–H groups in total. The van der Waals surface area contributed by atoms with Crippen LogP contribution in [0, 0.1) is 6.92 Å². The van der Waals surface area contributed by atoms with Crippen molar-refractivity contribution < 1.29 is 4.74 Å². The molecule has 1 unspecified atom stereocenters. The molecule has 0 spiro atoms. The van der Waals surface area contributed by atoms with E-state index in [-0.39, 0.29) is 24.0 Å². The maximum absolute atomic E-state index is 5.46. The second kappa shape index (κ2) is 11.9. The fourth-order valence-electron chi connectivity index (χ4n) is 3.72. The first-order valence-corrected chi connectivity index (χ1v) is 10.3. The van der Waals surface area contributed by atoms with E-state index in [0.29, 0.717) is 18.6 Å². The first-order chi connectivity index (χ1) is 13.1. The van der Waals surface area contributed by atoms with Gasteiger partial charge in [0.2, 0.25) is 0 Å². The van der Waals surface area contributed by atoms with E-state index in [1.54, 1.807) is 0 Å². The summed E-state index contributed by atoms with van der Waals surface area (Å²) in [5.74, 6) is 2.69. The fourth-order valence-corrected chi connectivity index (χ4v) is 3.72. The minimum absolute atomic E-state index is 0. The number of morpholine rings is 1. The van der Waals surface area contributed by atoms with Crippen LogP contribution in [0.1, 0.15) is 50.7 Å². The van der Waals surface area contributed by atoms with Gasteiger partial charge in [-0.05, 0) is 26.7 Å². The standard InChI is InChI=1S/C19H35N7O.HI/c1-15(26-9-11-27-12-10-26)13-20-19(22-17-7-5-4-6-8-17)21-14-18-24-23-16(2)25(18)3;/h15,17H,4-14H2,1-3H3,(H2,20,21,22);1H. The molecule has 2 aliphatic rings. The molecular weight excluding hydrogens is 469 g/mol. The van der Waals surface area contributed by atoms with Gasteiger partial charge in [0.25, 0.3) is 0 Å². The van der Waals surface area contributed by atoms with Gasteiger partial charge in [-0.1, -0.05) is 19.3 Å². The maximum Gasteiger partial charge on any atom is 0.191 e. The van der Waals surface area contributed by atoms with Gasteiger partial charge < -0.3 is 19.9 Å². The quantitative estimate of drug-likeness (QED) is 0.349. The monoisotopic (exact) mass is 505 g/mol. The predicted octanol–water partition coefficient (Wildman–Crippen LogP) is 1.83. The second-order valence-corrected chi connectivity index (χ2v) is 7.74. The van der Waals surface area contributed by atoms with Crippen LogP contribution in [0.4, 0.5) is 0 Å². The van der Waals surface area contributed by atoms with Crippen LogP contribution in [0.25, 0.3) is 0 Å². The number of aliphatic imine (C=N–C) groups is 1. The summed E-state index contributed by atoms with van der Waals surface area (Å²) in [6, 6.07) is 0.967.